The molecule has 1 aromatic rings. The van der Waals surface area contributed by atoms with Crippen molar-refractivity contribution in [2.75, 3.05) is 32.1 Å². The number of halogens is 2. The number of nitrogens with zero attached hydrogens (tertiary/aromatic N) is 1. The summed E-state index contributed by atoms with van der Waals surface area (Å²) in [5, 5.41) is 11.8. The van der Waals surface area contributed by atoms with Crippen molar-refractivity contribution in [3.63, 3.8) is 0 Å². The van der Waals surface area contributed by atoms with Crippen LogP contribution in [0, 0.1) is 5.82 Å². The van der Waals surface area contributed by atoms with Crippen LogP contribution in [0.1, 0.15) is 0 Å². The fourth-order valence-corrected chi connectivity index (χ4v) is 2.25. The molecule has 2 rings (SSSR count). The number of carbonyl (C=O) groups is 2. The first kappa shape index (κ1) is 16.3. The van der Waals surface area contributed by atoms with Gasteiger partial charge in [-0.15, -0.1) is 0 Å². The molecule has 1 aliphatic heterocycles. The van der Waals surface area contributed by atoms with Gasteiger partial charge >= 0.3 is 5.97 Å². The average Bonchev–Trinajstić information content (AvgIpc) is 2.80. The van der Waals surface area contributed by atoms with Gasteiger partial charge in [-0.3, -0.25) is 4.79 Å². The zero-order valence-electron chi connectivity index (χ0n) is 11.7. The van der Waals surface area contributed by atoms with Crippen molar-refractivity contribution in [2.24, 2.45) is 0 Å². The fraction of sp³-hybridized carbons (Fsp3) is 0.286. The molecule has 1 heterocycles. The minimum absolute atomic E-state index is 0.0173. The van der Waals surface area contributed by atoms with Gasteiger partial charge in [0.1, 0.15) is 11.5 Å². The van der Waals surface area contributed by atoms with Gasteiger partial charge in [0.25, 0.3) is 5.91 Å². The maximum absolute atomic E-state index is 13.8. The van der Waals surface area contributed by atoms with Gasteiger partial charge in [0, 0.05) is 11.6 Å². The van der Waals surface area contributed by atoms with Crippen LogP contribution < -0.4 is 5.32 Å². The topological polar surface area (TPSA) is 78.9 Å². The second-order valence-corrected chi connectivity index (χ2v) is 4.98. The Hall–Kier alpha value is -2.12. The zero-order valence-corrected chi connectivity index (χ0v) is 12.5. The number of carbonyl (C=O) groups excluding carboxylic acids is 2. The molecule has 6 nitrogen and oxygen atoms in total. The van der Waals surface area contributed by atoms with Crippen LogP contribution in [0.2, 0.25) is 5.02 Å². The summed E-state index contributed by atoms with van der Waals surface area (Å²) < 4.78 is 18.4. The van der Waals surface area contributed by atoms with Crippen molar-refractivity contribution in [1.82, 2.24) is 4.90 Å². The zero-order chi connectivity index (χ0) is 16.3. The molecule has 1 aromatic carbocycles. The molecule has 0 aromatic heterocycles. The Bertz CT molecular complexity index is 648. The minimum atomic E-state index is -0.696. The predicted octanol–water partition coefficient (Wildman–Crippen LogP) is 1.15. The Morgan fingerprint density at radius 3 is 2.91 bits per heavy atom. The van der Waals surface area contributed by atoms with Gasteiger partial charge in [0.15, 0.2) is 0 Å². The summed E-state index contributed by atoms with van der Waals surface area (Å²) in [5.74, 6) is -1.83. The van der Waals surface area contributed by atoms with Crippen LogP contribution in [0.3, 0.4) is 0 Å². The smallest absolute Gasteiger partial charge is 0.337 e. The number of nitrogens with one attached hydrogen (secondary N) is 1. The van der Waals surface area contributed by atoms with Gasteiger partial charge in [-0.2, -0.15) is 0 Å². The van der Waals surface area contributed by atoms with Gasteiger partial charge in [0.05, 0.1) is 31.5 Å². The quantitative estimate of drug-likeness (QED) is 0.793. The highest BCUT2D eigenvalue weighted by molar-refractivity contribution is 6.30. The molecule has 0 radical (unpaired) electrons. The van der Waals surface area contributed by atoms with E-state index in [1.807, 2.05) is 0 Å². The summed E-state index contributed by atoms with van der Waals surface area (Å²) in [7, 11) is 1.19. The first-order valence-corrected chi connectivity index (χ1v) is 6.79. The van der Waals surface area contributed by atoms with Crippen LogP contribution in [0.25, 0.3) is 0 Å². The molecule has 8 heteroatoms. The van der Waals surface area contributed by atoms with Gasteiger partial charge < -0.3 is 20.1 Å². The molecule has 0 bridgehead atoms. The first-order chi connectivity index (χ1) is 10.5. The Balaban J connectivity index is 2.36. The Labute approximate surface area is 131 Å². The third kappa shape index (κ3) is 3.20. The van der Waals surface area contributed by atoms with Crippen LogP contribution in [0.15, 0.2) is 29.5 Å². The van der Waals surface area contributed by atoms with Crippen molar-refractivity contribution >= 4 is 29.2 Å². The summed E-state index contributed by atoms with van der Waals surface area (Å²) in [6.07, 6.45) is 0. The van der Waals surface area contributed by atoms with Gasteiger partial charge in [0.2, 0.25) is 0 Å². The molecule has 0 unspecified atom stereocenters. The van der Waals surface area contributed by atoms with E-state index in [1.54, 1.807) is 0 Å². The van der Waals surface area contributed by atoms with E-state index in [4.69, 9.17) is 16.7 Å². The summed E-state index contributed by atoms with van der Waals surface area (Å²) >= 11 is 5.80. The monoisotopic (exact) mass is 328 g/mol. The fourth-order valence-electron chi connectivity index (χ4n) is 2.08. The number of methoxy groups -OCH3 is 1. The van der Waals surface area contributed by atoms with Crippen LogP contribution in [0.4, 0.5) is 10.1 Å². The Morgan fingerprint density at radius 1 is 1.55 bits per heavy atom. The van der Waals surface area contributed by atoms with Crippen LogP contribution in [-0.4, -0.2) is 48.7 Å². The van der Waals surface area contributed by atoms with Gasteiger partial charge in [-0.05, 0) is 18.2 Å². The van der Waals surface area contributed by atoms with E-state index in [1.165, 1.54) is 24.1 Å². The van der Waals surface area contributed by atoms with Crippen LogP contribution in [0.5, 0.6) is 0 Å². The van der Waals surface area contributed by atoms with Crippen molar-refractivity contribution in [2.45, 2.75) is 0 Å². The lowest BCUT2D eigenvalue weighted by Gasteiger charge is -2.15. The Morgan fingerprint density at radius 2 is 2.27 bits per heavy atom. The standard InChI is InChI=1S/C14H14ClFN2O4/c1-22-14(21)9-7-18(4-5-19)13(20)12(9)17-11-6-8(15)2-3-10(11)16/h2-3,6,17,19H,4-5,7H2,1H3. The SMILES string of the molecule is COC(=O)C1=C(Nc2cc(Cl)ccc2F)C(=O)N(CCO)C1. The molecule has 0 saturated heterocycles. The molecule has 0 saturated carbocycles. The lowest BCUT2D eigenvalue weighted by molar-refractivity contribution is -0.136. The van der Waals surface area contributed by atoms with Crippen molar-refractivity contribution < 1.29 is 23.8 Å². The van der Waals surface area contributed by atoms with Gasteiger partial charge in [-0.1, -0.05) is 11.6 Å². The molecule has 2 N–H and O–H groups in total. The number of β-amino-alcohol motifs (C(OH)–C–C–N with tert-alkyl or cyclic N) is 1. The number of esters is 1. The van der Waals surface area contributed by atoms with Crippen molar-refractivity contribution in [3.05, 3.63) is 40.3 Å². The summed E-state index contributed by atoms with van der Waals surface area (Å²) in [6, 6.07) is 3.82. The number of rotatable bonds is 5. The summed E-state index contributed by atoms with van der Waals surface area (Å²) in [6.45, 7) is -0.210. The molecular weight excluding hydrogens is 315 g/mol. The van der Waals surface area contributed by atoms with E-state index < -0.39 is 17.7 Å². The maximum atomic E-state index is 13.8. The lowest BCUT2D eigenvalue weighted by atomic mass is 10.2. The molecule has 118 valence electrons. The number of hydrogen-bond acceptors (Lipinski definition) is 5. The second kappa shape index (κ2) is 6.76. The maximum Gasteiger partial charge on any atom is 0.337 e. The number of amides is 1. The number of anilines is 1. The molecule has 1 aliphatic rings. The van der Waals surface area contributed by atoms with Crippen LogP contribution in [-0.2, 0) is 14.3 Å². The number of hydrogen-bond donors (Lipinski definition) is 2. The largest absolute Gasteiger partial charge is 0.466 e. The van der Waals surface area contributed by atoms with E-state index in [-0.39, 0.29) is 41.7 Å². The van der Waals surface area contributed by atoms with Crippen molar-refractivity contribution in [1.29, 1.82) is 0 Å². The average molecular weight is 329 g/mol. The number of ether oxygens (including phenoxy) is 1. The second-order valence-electron chi connectivity index (χ2n) is 4.54. The molecule has 0 atom stereocenters. The molecule has 0 aliphatic carbocycles. The third-order valence-electron chi connectivity index (χ3n) is 3.14. The highest BCUT2D eigenvalue weighted by Gasteiger charge is 2.34. The van der Waals surface area contributed by atoms with Crippen molar-refractivity contribution in [3.8, 4) is 0 Å². The van der Waals surface area contributed by atoms with E-state index in [9.17, 15) is 14.0 Å². The summed E-state index contributed by atoms with van der Waals surface area (Å²) in [4.78, 5) is 25.3. The number of benzene rings is 1. The number of aliphatic hydroxyl groups is 1. The molecular formula is C14H14ClFN2O4. The number of aliphatic hydroxyl groups excluding tert-OH is 1. The van der Waals surface area contributed by atoms with E-state index >= 15 is 0 Å². The van der Waals surface area contributed by atoms with E-state index in [0.717, 1.165) is 6.07 Å². The lowest BCUT2D eigenvalue weighted by Crippen LogP contribution is -2.31. The molecule has 0 spiro atoms. The Kier molecular flexibility index (Phi) is 4.99. The van der Waals surface area contributed by atoms with Crippen LogP contribution >= 0.6 is 11.6 Å². The summed E-state index contributed by atoms with van der Waals surface area (Å²) in [5.41, 5.74) is -0.0371. The molecule has 0 fully saturated rings. The van der Waals surface area contributed by atoms with E-state index in [2.05, 4.69) is 10.1 Å². The molecule has 22 heavy (non-hydrogen) atoms. The highest BCUT2D eigenvalue weighted by atomic mass is 35.5. The third-order valence-corrected chi connectivity index (χ3v) is 3.38. The normalized spacial score (nSPS) is 14.5. The van der Waals surface area contributed by atoms with E-state index in [0.29, 0.717) is 0 Å². The minimum Gasteiger partial charge on any atom is -0.466 e. The highest BCUT2D eigenvalue weighted by Crippen LogP contribution is 2.26. The van der Waals surface area contributed by atoms with Gasteiger partial charge in [-0.25, -0.2) is 9.18 Å². The molecule has 1 amide bonds. The predicted molar refractivity (Wildman–Crippen MR) is 77.7 cm³/mol. The first-order valence-electron chi connectivity index (χ1n) is 6.41.